The molecule has 4 aliphatic carbocycles. The van der Waals surface area contributed by atoms with Gasteiger partial charge in [0.1, 0.15) is 11.9 Å². The molecule has 4 aliphatic rings. The first-order valence-electron chi connectivity index (χ1n) is 12.1. The topological polar surface area (TPSA) is 63.6 Å². The fourth-order valence-electron chi connectivity index (χ4n) is 8.73. The quantitative estimate of drug-likeness (QED) is 0.679. The summed E-state index contributed by atoms with van der Waals surface area (Å²) in [5.74, 6) is 0.499. The highest BCUT2D eigenvalue weighted by atomic mass is 16.5. The van der Waals surface area contributed by atoms with Gasteiger partial charge in [-0.1, -0.05) is 45.4 Å². The van der Waals surface area contributed by atoms with Crippen LogP contribution in [0.25, 0.3) is 0 Å². The SMILES string of the molecule is CC12CCC3(C1)[C@H](CC2=O)C[C@@H](OC(=O)c1ccccc1)C1[C@@](C)(CO)CCC[C@@]13C. The molecule has 4 nitrogen and oxygen atoms in total. The first kappa shape index (κ1) is 21.2. The molecule has 0 aromatic heterocycles. The van der Waals surface area contributed by atoms with Crippen LogP contribution >= 0.6 is 0 Å². The Labute approximate surface area is 185 Å². The lowest BCUT2D eigenvalue weighted by molar-refractivity contribution is -0.224. The van der Waals surface area contributed by atoms with Crippen molar-refractivity contribution in [2.24, 2.45) is 33.5 Å². The molecule has 1 aromatic rings. The first-order chi connectivity index (χ1) is 14.7. The molecule has 0 saturated heterocycles. The van der Waals surface area contributed by atoms with Gasteiger partial charge in [0.25, 0.3) is 0 Å². The molecule has 0 radical (unpaired) electrons. The Kier molecular flexibility index (Phi) is 4.72. The third-order valence-electron chi connectivity index (χ3n) is 10.3. The molecule has 5 rings (SSSR count). The van der Waals surface area contributed by atoms with Gasteiger partial charge in [0, 0.05) is 24.4 Å². The Hall–Kier alpha value is -1.68. The zero-order chi connectivity index (χ0) is 22.1. The predicted octanol–water partition coefficient (Wildman–Crippen LogP) is 5.19. The van der Waals surface area contributed by atoms with E-state index in [2.05, 4.69) is 20.8 Å². The molecule has 1 aromatic carbocycles. The number of carbonyl (C=O) groups excluding carboxylic acids is 2. The normalized spacial score (nSPS) is 46.2. The van der Waals surface area contributed by atoms with Crippen molar-refractivity contribution >= 4 is 11.8 Å². The van der Waals surface area contributed by atoms with Gasteiger partial charge in [-0.3, -0.25) is 4.79 Å². The highest BCUT2D eigenvalue weighted by Gasteiger charge is 2.72. The van der Waals surface area contributed by atoms with E-state index in [-0.39, 0.29) is 52.2 Å². The van der Waals surface area contributed by atoms with Crippen molar-refractivity contribution in [3.05, 3.63) is 35.9 Å². The standard InChI is InChI=1S/C27H36O4/c1-24-12-13-27(16-24)19(15-21(24)29)14-20(31-23(30)18-8-5-4-6-9-18)22-25(2,17-28)10-7-11-26(22,27)3/h4-6,8-9,19-20,22,28H,7,10-17H2,1-3H3/t19-,20+,22?,24?,25+,26-,27?/m0/s1. The molecule has 0 amide bonds. The highest BCUT2D eigenvalue weighted by molar-refractivity contribution is 5.89. The number of benzene rings is 1. The van der Waals surface area contributed by atoms with Crippen LogP contribution in [0.2, 0.25) is 0 Å². The first-order valence-corrected chi connectivity index (χ1v) is 12.1. The smallest absolute Gasteiger partial charge is 0.338 e. The molecule has 168 valence electrons. The van der Waals surface area contributed by atoms with Crippen molar-refractivity contribution in [1.29, 1.82) is 0 Å². The summed E-state index contributed by atoms with van der Waals surface area (Å²) < 4.78 is 6.26. The summed E-state index contributed by atoms with van der Waals surface area (Å²) in [4.78, 5) is 26.1. The zero-order valence-corrected chi connectivity index (χ0v) is 19.2. The largest absolute Gasteiger partial charge is 0.458 e. The summed E-state index contributed by atoms with van der Waals surface area (Å²) in [5, 5.41) is 10.5. The fraction of sp³-hybridized carbons (Fsp3) is 0.704. The van der Waals surface area contributed by atoms with Gasteiger partial charge in [-0.05, 0) is 72.8 Å². The van der Waals surface area contributed by atoms with Gasteiger partial charge in [-0.2, -0.15) is 0 Å². The molecule has 2 bridgehead atoms. The van der Waals surface area contributed by atoms with Crippen molar-refractivity contribution in [3.63, 3.8) is 0 Å². The monoisotopic (exact) mass is 424 g/mol. The van der Waals surface area contributed by atoms with E-state index in [0.717, 1.165) is 44.9 Å². The van der Waals surface area contributed by atoms with Crippen molar-refractivity contribution < 1.29 is 19.4 Å². The van der Waals surface area contributed by atoms with E-state index < -0.39 is 0 Å². The molecule has 1 spiro atoms. The number of carbonyl (C=O) groups is 2. The number of ether oxygens (including phenoxy) is 1. The summed E-state index contributed by atoms with van der Waals surface area (Å²) >= 11 is 0. The number of aliphatic hydroxyl groups excluding tert-OH is 1. The van der Waals surface area contributed by atoms with E-state index in [4.69, 9.17) is 4.74 Å². The molecule has 0 aliphatic heterocycles. The molecule has 4 heteroatoms. The number of rotatable bonds is 3. The number of Topliss-reactive ketones (excluding diaryl/α,β-unsaturated/α-hetero) is 1. The molecular formula is C27H36O4. The average molecular weight is 425 g/mol. The molecular weight excluding hydrogens is 388 g/mol. The minimum atomic E-state index is -0.284. The number of aliphatic hydroxyl groups is 1. The Morgan fingerprint density at radius 1 is 1.10 bits per heavy atom. The van der Waals surface area contributed by atoms with E-state index in [1.807, 2.05) is 18.2 Å². The van der Waals surface area contributed by atoms with Crippen LogP contribution in [-0.4, -0.2) is 29.6 Å². The van der Waals surface area contributed by atoms with Gasteiger partial charge in [0.2, 0.25) is 0 Å². The van der Waals surface area contributed by atoms with Crippen LogP contribution in [0.5, 0.6) is 0 Å². The van der Waals surface area contributed by atoms with Gasteiger partial charge < -0.3 is 9.84 Å². The van der Waals surface area contributed by atoms with Crippen molar-refractivity contribution in [2.45, 2.75) is 78.2 Å². The molecule has 4 saturated carbocycles. The van der Waals surface area contributed by atoms with Crippen LogP contribution in [0, 0.1) is 33.5 Å². The lowest BCUT2D eigenvalue weighted by atomic mass is 9.37. The lowest BCUT2D eigenvalue weighted by Gasteiger charge is -2.67. The summed E-state index contributed by atoms with van der Waals surface area (Å²) in [6, 6.07) is 9.20. The lowest BCUT2D eigenvalue weighted by Crippen LogP contribution is -2.65. The maximum absolute atomic E-state index is 13.1. The Morgan fingerprint density at radius 3 is 2.55 bits per heavy atom. The number of fused-ring (bicyclic) bond motifs is 2. The fourth-order valence-corrected chi connectivity index (χ4v) is 8.73. The molecule has 31 heavy (non-hydrogen) atoms. The van der Waals surface area contributed by atoms with Crippen LogP contribution < -0.4 is 0 Å². The van der Waals surface area contributed by atoms with Crippen LogP contribution in [0.4, 0.5) is 0 Å². The predicted molar refractivity (Wildman–Crippen MR) is 118 cm³/mol. The zero-order valence-electron chi connectivity index (χ0n) is 19.2. The average Bonchev–Trinajstić information content (AvgIpc) is 3.08. The second-order valence-corrected chi connectivity index (χ2v) is 11.8. The summed E-state index contributed by atoms with van der Waals surface area (Å²) in [6.45, 7) is 6.89. The number of hydrogen-bond donors (Lipinski definition) is 1. The third kappa shape index (κ3) is 2.83. The van der Waals surface area contributed by atoms with Crippen LogP contribution in [0.3, 0.4) is 0 Å². The Bertz CT molecular complexity index is 896. The van der Waals surface area contributed by atoms with Gasteiger partial charge in [0.05, 0.1) is 5.56 Å². The maximum atomic E-state index is 13.1. The minimum Gasteiger partial charge on any atom is -0.458 e. The molecule has 0 heterocycles. The van der Waals surface area contributed by atoms with Crippen molar-refractivity contribution in [3.8, 4) is 0 Å². The molecule has 7 atom stereocenters. The molecule has 3 unspecified atom stereocenters. The summed E-state index contributed by atoms with van der Waals surface area (Å²) in [7, 11) is 0. The van der Waals surface area contributed by atoms with Crippen LogP contribution in [0.1, 0.15) is 82.5 Å². The number of hydrogen-bond acceptors (Lipinski definition) is 4. The van der Waals surface area contributed by atoms with E-state index in [0.29, 0.717) is 17.8 Å². The van der Waals surface area contributed by atoms with E-state index in [1.165, 1.54) is 0 Å². The number of ketones is 1. The van der Waals surface area contributed by atoms with Crippen molar-refractivity contribution in [2.75, 3.05) is 6.61 Å². The maximum Gasteiger partial charge on any atom is 0.338 e. The van der Waals surface area contributed by atoms with E-state index in [1.54, 1.807) is 12.1 Å². The third-order valence-corrected chi connectivity index (χ3v) is 10.3. The van der Waals surface area contributed by atoms with E-state index in [9.17, 15) is 14.7 Å². The molecule has 4 fully saturated rings. The van der Waals surface area contributed by atoms with Gasteiger partial charge >= 0.3 is 5.97 Å². The van der Waals surface area contributed by atoms with Crippen LogP contribution in [-0.2, 0) is 9.53 Å². The summed E-state index contributed by atoms with van der Waals surface area (Å²) in [5.41, 5.74) is 0.192. The Balaban J connectivity index is 1.57. The van der Waals surface area contributed by atoms with Gasteiger partial charge in [-0.25, -0.2) is 4.79 Å². The van der Waals surface area contributed by atoms with Gasteiger partial charge in [-0.15, -0.1) is 0 Å². The van der Waals surface area contributed by atoms with Gasteiger partial charge in [0.15, 0.2) is 0 Å². The van der Waals surface area contributed by atoms with Crippen LogP contribution in [0.15, 0.2) is 30.3 Å². The van der Waals surface area contributed by atoms with Crippen molar-refractivity contribution in [1.82, 2.24) is 0 Å². The highest BCUT2D eigenvalue weighted by Crippen LogP contribution is 2.75. The van der Waals surface area contributed by atoms with E-state index >= 15 is 0 Å². The minimum absolute atomic E-state index is 0.0360. The Morgan fingerprint density at radius 2 is 1.84 bits per heavy atom. The second kappa shape index (κ2) is 6.91. The molecule has 1 N–H and O–H groups in total. The summed E-state index contributed by atoms with van der Waals surface area (Å²) in [6.07, 6.45) is 7.28. The second-order valence-electron chi connectivity index (χ2n) is 11.8. The number of esters is 1.